The number of ether oxygens (including phenoxy) is 1. The number of benzene rings is 2. The molecule has 0 fully saturated rings. The maximum absolute atomic E-state index is 6.35. The van der Waals surface area contributed by atoms with E-state index in [9.17, 15) is 0 Å². The molecule has 0 aliphatic heterocycles. The predicted octanol–water partition coefficient (Wildman–Crippen LogP) is 6.07. The first-order chi connectivity index (χ1) is 13.7. The van der Waals surface area contributed by atoms with Gasteiger partial charge in [0.25, 0.3) is 0 Å². The molecule has 7 heteroatoms. The molecule has 3 aromatic rings. The fourth-order valence-electron chi connectivity index (χ4n) is 2.84. The highest BCUT2D eigenvalue weighted by Gasteiger charge is 2.15. The molecule has 0 bridgehead atoms. The Labute approximate surface area is 179 Å². The Morgan fingerprint density at radius 2 is 2.11 bits per heavy atom. The molecule has 0 amide bonds. The van der Waals surface area contributed by atoms with E-state index in [0.717, 1.165) is 22.8 Å². The molecule has 0 aliphatic carbocycles. The summed E-state index contributed by atoms with van der Waals surface area (Å²) in [6, 6.07) is 13.9. The van der Waals surface area contributed by atoms with Crippen LogP contribution in [0.4, 0.5) is 5.69 Å². The first-order valence-electron chi connectivity index (χ1n) is 8.80. The molecule has 0 N–H and O–H groups in total. The maximum atomic E-state index is 6.35. The zero-order valence-corrected chi connectivity index (χ0v) is 17.8. The minimum absolute atomic E-state index is 0.0518. The number of aliphatic imine (C=N–C) groups is 1. The Hall–Kier alpha value is -2.11. The van der Waals surface area contributed by atoms with Crippen molar-refractivity contribution in [3.63, 3.8) is 0 Å². The SMILES string of the molecule is CSc1ccc(OC(CCc2ccc(Cl)cc2)Cn2ccnc2)c(N=C=S)c1. The van der Waals surface area contributed by atoms with Crippen molar-refractivity contribution in [3.05, 3.63) is 71.8 Å². The first kappa shape index (κ1) is 20.6. The summed E-state index contributed by atoms with van der Waals surface area (Å²) in [5.74, 6) is 0.705. The van der Waals surface area contributed by atoms with Crippen LogP contribution in [0.25, 0.3) is 0 Å². The van der Waals surface area contributed by atoms with Crippen LogP contribution >= 0.6 is 35.6 Å². The van der Waals surface area contributed by atoms with Crippen LogP contribution in [0.2, 0.25) is 5.02 Å². The highest BCUT2D eigenvalue weighted by molar-refractivity contribution is 7.98. The van der Waals surface area contributed by atoms with Gasteiger partial charge in [0.05, 0.1) is 18.0 Å². The van der Waals surface area contributed by atoms with Gasteiger partial charge in [-0.25, -0.2) is 4.98 Å². The number of imidazole rings is 1. The van der Waals surface area contributed by atoms with E-state index in [1.54, 1.807) is 24.3 Å². The summed E-state index contributed by atoms with van der Waals surface area (Å²) in [6.45, 7) is 0.693. The molecular formula is C21H20ClN3OS2. The number of thiocarbonyl (C=S) groups is 1. The Balaban J connectivity index is 1.78. The zero-order chi connectivity index (χ0) is 19.8. The van der Waals surface area contributed by atoms with E-state index in [-0.39, 0.29) is 6.10 Å². The lowest BCUT2D eigenvalue weighted by Gasteiger charge is -2.21. The van der Waals surface area contributed by atoms with E-state index in [1.807, 2.05) is 59.5 Å². The number of rotatable bonds is 9. The van der Waals surface area contributed by atoms with Gasteiger partial charge in [-0.2, -0.15) is 4.99 Å². The average molecular weight is 430 g/mol. The molecule has 28 heavy (non-hydrogen) atoms. The molecule has 0 saturated carbocycles. The van der Waals surface area contributed by atoms with Crippen LogP contribution in [0.1, 0.15) is 12.0 Å². The third-order valence-electron chi connectivity index (χ3n) is 4.27. The standard InChI is InChI=1S/C21H20ClN3OS2/c1-28-19-8-9-21(20(12-19)24-15-27)26-18(13-25-11-10-23-14-25)7-4-16-2-5-17(22)6-3-16/h2-3,5-6,8-12,14,18H,4,7,13H2,1H3. The van der Waals surface area contributed by atoms with E-state index >= 15 is 0 Å². The van der Waals surface area contributed by atoms with Gasteiger partial charge in [0.1, 0.15) is 17.5 Å². The topological polar surface area (TPSA) is 39.4 Å². The molecule has 0 saturated heterocycles. The van der Waals surface area contributed by atoms with E-state index in [2.05, 4.69) is 15.1 Å². The van der Waals surface area contributed by atoms with Crippen molar-refractivity contribution < 1.29 is 4.74 Å². The number of aromatic nitrogens is 2. The monoisotopic (exact) mass is 429 g/mol. The van der Waals surface area contributed by atoms with Crippen molar-refractivity contribution in [2.24, 2.45) is 4.99 Å². The number of thioether (sulfide) groups is 1. The quantitative estimate of drug-likeness (QED) is 0.235. The Morgan fingerprint density at radius 1 is 1.29 bits per heavy atom. The number of isothiocyanates is 1. The summed E-state index contributed by atoms with van der Waals surface area (Å²) in [7, 11) is 0. The van der Waals surface area contributed by atoms with Crippen LogP contribution in [0.15, 0.2) is 71.1 Å². The van der Waals surface area contributed by atoms with Crippen molar-refractivity contribution in [3.8, 4) is 5.75 Å². The lowest BCUT2D eigenvalue weighted by Crippen LogP contribution is -2.23. The summed E-state index contributed by atoms with van der Waals surface area (Å²) < 4.78 is 8.37. The fraction of sp³-hybridized carbons (Fsp3) is 0.238. The van der Waals surface area contributed by atoms with Crippen molar-refractivity contribution >= 4 is 46.4 Å². The van der Waals surface area contributed by atoms with E-state index < -0.39 is 0 Å². The molecule has 144 valence electrons. The van der Waals surface area contributed by atoms with Crippen LogP contribution in [-0.2, 0) is 13.0 Å². The van der Waals surface area contributed by atoms with Crippen molar-refractivity contribution in [2.75, 3.05) is 6.26 Å². The molecule has 0 radical (unpaired) electrons. The molecule has 2 aromatic carbocycles. The lowest BCUT2D eigenvalue weighted by molar-refractivity contribution is 0.171. The minimum Gasteiger partial charge on any atom is -0.486 e. The van der Waals surface area contributed by atoms with Crippen LogP contribution in [-0.4, -0.2) is 27.1 Å². The second-order valence-electron chi connectivity index (χ2n) is 6.20. The first-order valence-corrected chi connectivity index (χ1v) is 10.8. The molecular weight excluding hydrogens is 410 g/mol. The zero-order valence-electron chi connectivity index (χ0n) is 15.4. The molecule has 1 heterocycles. The van der Waals surface area contributed by atoms with Gasteiger partial charge in [0, 0.05) is 22.3 Å². The lowest BCUT2D eigenvalue weighted by atomic mass is 10.1. The van der Waals surface area contributed by atoms with Crippen LogP contribution in [0, 0.1) is 0 Å². The van der Waals surface area contributed by atoms with Crippen LogP contribution in [0.5, 0.6) is 5.75 Å². The second-order valence-corrected chi connectivity index (χ2v) is 7.70. The fourth-order valence-corrected chi connectivity index (χ4v) is 3.49. The second kappa shape index (κ2) is 10.4. The number of nitrogens with zero attached hydrogens (tertiary/aromatic N) is 3. The summed E-state index contributed by atoms with van der Waals surface area (Å²) in [5.41, 5.74) is 1.92. The molecule has 1 aromatic heterocycles. The highest BCUT2D eigenvalue weighted by atomic mass is 35.5. The van der Waals surface area contributed by atoms with Gasteiger partial charge in [-0.05, 0) is 67.2 Å². The average Bonchev–Trinajstić information content (AvgIpc) is 3.22. The molecule has 3 rings (SSSR count). The molecule has 1 unspecified atom stereocenters. The Bertz CT molecular complexity index is 939. The van der Waals surface area contributed by atoms with Gasteiger partial charge in [-0.1, -0.05) is 23.7 Å². The summed E-state index contributed by atoms with van der Waals surface area (Å²) >= 11 is 12.4. The largest absolute Gasteiger partial charge is 0.486 e. The smallest absolute Gasteiger partial charge is 0.146 e. The molecule has 4 nitrogen and oxygen atoms in total. The van der Waals surface area contributed by atoms with Gasteiger partial charge < -0.3 is 9.30 Å². The summed E-state index contributed by atoms with van der Waals surface area (Å²) in [5, 5.41) is 3.19. The third-order valence-corrected chi connectivity index (χ3v) is 5.34. The van der Waals surface area contributed by atoms with E-state index in [1.165, 1.54) is 5.56 Å². The van der Waals surface area contributed by atoms with Crippen LogP contribution in [0.3, 0.4) is 0 Å². The van der Waals surface area contributed by atoms with Gasteiger partial charge in [-0.3, -0.25) is 0 Å². The van der Waals surface area contributed by atoms with Crippen LogP contribution < -0.4 is 4.74 Å². The van der Waals surface area contributed by atoms with Crippen molar-refractivity contribution in [1.29, 1.82) is 0 Å². The summed E-state index contributed by atoms with van der Waals surface area (Å²) in [4.78, 5) is 9.41. The Kier molecular flexibility index (Phi) is 7.69. The highest BCUT2D eigenvalue weighted by Crippen LogP contribution is 2.33. The van der Waals surface area contributed by atoms with Gasteiger partial charge >= 0.3 is 0 Å². The number of halogens is 1. The Morgan fingerprint density at radius 3 is 2.79 bits per heavy atom. The van der Waals surface area contributed by atoms with E-state index in [4.69, 9.17) is 28.6 Å². The molecule has 0 spiro atoms. The normalized spacial score (nSPS) is 11.6. The number of hydrogen-bond donors (Lipinski definition) is 0. The molecule has 1 atom stereocenters. The maximum Gasteiger partial charge on any atom is 0.146 e. The van der Waals surface area contributed by atoms with E-state index in [0.29, 0.717) is 18.0 Å². The number of aryl methyl sites for hydroxylation is 1. The third kappa shape index (κ3) is 5.94. The van der Waals surface area contributed by atoms with Gasteiger partial charge in [0.15, 0.2) is 0 Å². The van der Waals surface area contributed by atoms with Crippen molar-refractivity contribution in [2.45, 2.75) is 30.4 Å². The number of hydrogen-bond acceptors (Lipinski definition) is 5. The predicted molar refractivity (Wildman–Crippen MR) is 119 cm³/mol. The summed E-state index contributed by atoms with van der Waals surface area (Å²) in [6.07, 6.45) is 9.19. The van der Waals surface area contributed by atoms with Gasteiger partial charge in [-0.15, -0.1) is 11.8 Å². The van der Waals surface area contributed by atoms with Gasteiger partial charge in [0.2, 0.25) is 0 Å². The minimum atomic E-state index is -0.0518. The molecule has 0 aliphatic rings. The van der Waals surface area contributed by atoms with Crippen molar-refractivity contribution in [1.82, 2.24) is 9.55 Å².